The fraction of sp³-hybridized carbons (Fsp3) is 0.833. The molecule has 0 unspecified atom stereocenters. The van der Waals surface area contributed by atoms with E-state index in [0.29, 0.717) is 0 Å². The van der Waals surface area contributed by atoms with Crippen molar-refractivity contribution in [3.8, 4) is 0 Å². The lowest BCUT2D eigenvalue weighted by molar-refractivity contribution is 0.00649. The Morgan fingerprint density at radius 1 is 1.33 bits per heavy atom. The van der Waals surface area contributed by atoms with E-state index in [0.717, 1.165) is 0 Å². The summed E-state index contributed by atoms with van der Waals surface area (Å²) >= 11 is 0. The van der Waals surface area contributed by atoms with E-state index in [9.17, 15) is 18.0 Å². The van der Waals surface area contributed by atoms with Crippen LogP contribution in [0.2, 0.25) is 0 Å². The van der Waals surface area contributed by atoms with E-state index in [1.54, 1.807) is 0 Å². The lowest BCUT2D eigenvalue weighted by atomic mass is 10.5. The molecule has 72 valence electrons. The summed E-state index contributed by atoms with van der Waals surface area (Å²) in [6.45, 7) is -1.77. The summed E-state index contributed by atoms with van der Waals surface area (Å²) in [4.78, 5) is 10.3. The lowest BCUT2D eigenvalue weighted by Crippen LogP contribution is -2.13. The summed E-state index contributed by atoms with van der Waals surface area (Å²) in [5.74, 6) is 0. The van der Waals surface area contributed by atoms with Crippen LogP contribution in [0, 0.1) is 0 Å². The third kappa shape index (κ3) is 7.17. The number of hydrogen-bond acceptors (Lipinski definition) is 3. The maximum absolute atomic E-state index is 11.4. The van der Waals surface area contributed by atoms with E-state index in [4.69, 9.17) is 0 Å². The van der Waals surface area contributed by atoms with Crippen LogP contribution in [-0.2, 0) is 9.47 Å². The van der Waals surface area contributed by atoms with Crippen molar-refractivity contribution in [3.63, 3.8) is 0 Å². The van der Waals surface area contributed by atoms with Gasteiger partial charge in [-0.2, -0.15) is 0 Å². The van der Waals surface area contributed by atoms with Crippen LogP contribution in [0.1, 0.15) is 6.42 Å². The minimum Gasteiger partial charge on any atom is -0.434 e. The second-order valence-corrected chi connectivity index (χ2v) is 1.84. The summed E-state index contributed by atoms with van der Waals surface area (Å²) in [6.07, 6.45) is -3.86. The van der Waals surface area contributed by atoms with Gasteiger partial charge in [-0.1, -0.05) is 0 Å². The Hall–Kier alpha value is -0.940. The number of halogens is 3. The molecule has 3 nitrogen and oxygen atoms in total. The van der Waals surface area contributed by atoms with Gasteiger partial charge >= 0.3 is 6.16 Å². The van der Waals surface area contributed by atoms with Crippen LogP contribution >= 0.6 is 0 Å². The molecule has 0 radical (unpaired) electrons. The Morgan fingerprint density at radius 3 is 2.50 bits per heavy atom. The first-order chi connectivity index (χ1) is 5.66. The first kappa shape index (κ1) is 11.1. The fourth-order valence-electron chi connectivity index (χ4n) is 0.383. The number of ether oxygens (including phenoxy) is 2. The minimum absolute atomic E-state index is 0.0454. The monoisotopic (exact) mass is 186 g/mol. The number of carbonyl (C=O) groups excluding carboxylic acids is 1. The van der Waals surface area contributed by atoms with E-state index in [1.807, 2.05) is 0 Å². The molecule has 6 heteroatoms. The van der Waals surface area contributed by atoms with Gasteiger partial charge in [-0.15, -0.1) is 0 Å². The number of carbonyl (C=O) groups is 1. The largest absolute Gasteiger partial charge is 0.508 e. The fourth-order valence-corrected chi connectivity index (χ4v) is 0.383. The van der Waals surface area contributed by atoms with Gasteiger partial charge in [0.05, 0.1) is 13.3 Å². The second kappa shape index (κ2) is 6.75. The summed E-state index contributed by atoms with van der Waals surface area (Å²) in [6, 6.07) is 0. The molecule has 0 aromatic heterocycles. The topological polar surface area (TPSA) is 35.5 Å². The molecule has 0 aromatic rings. The molecule has 0 saturated carbocycles. The molecule has 0 fully saturated rings. The molecule has 12 heavy (non-hydrogen) atoms. The van der Waals surface area contributed by atoms with Gasteiger partial charge in [0.25, 0.3) is 6.43 Å². The van der Waals surface area contributed by atoms with Gasteiger partial charge in [0.15, 0.2) is 6.61 Å². The van der Waals surface area contributed by atoms with Crippen LogP contribution in [0.15, 0.2) is 0 Å². The van der Waals surface area contributed by atoms with Crippen molar-refractivity contribution < 1.29 is 27.4 Å². The maximum Gasteiger partial charge on any atom is 0.508 e. The summed E-state index contributed by atoms with van der Waals surface area (Å²) in [7, 11) is 0. The predicted molar refractivity (Wildman–Crippen MR) is 33.9 cm³/mol. The zero-order chi connectivity index (χ0) is 9.40. The van der Waals surface area contributed by atoms with Crippen LogP contribution in [-0.4, -0.2) is 32.5 Å². The van der Waals surface area contributed by atoms with Gasteiger partial charge in [0.2, 0.25) is 0 Å². The molecule has 0 spiro atoms. The van der Waals surface area contributed by atoms with E-state index in [1.165, 1.54) is 0 Å². The zero-order valence-corrected chi connectivity index (χ0v) is 6.26. The van der Waals surface area contributed by atoms with Gasteiger partial charge in [0.1, 0.15) is 0 Å². The van der Waals surface area contributed by atoms with Crippen LogP contribution in [0.4, 0.5) is 18.0 Å². The number of rotatable bonds is 5. The van der Waals surface area contributed by atoms with Crippen LogP contribution < -0.4 is 0 Å². The summed E-state index contributed by atoms with van der Waals surface area (Å²) < 4.78 is 42.3. The first-order valence-corrected chi connectivity index (χ1v) is 3.30. The number of alkyl halides is 3. The quantitative estimate of drug-likeness (QED) is 0.484. The Morgan fingerprint density at radius 2 is 2.00 bits per heavy atom. The van der Waals surface area contributed by atoms with Crippen LogP contribution in [0.25, 0.3) is 0 Å². The van der Waals surface area contributed by atoms with Crippen molar-refractivity contribution in [2.45, 2.75) is 12.8 Å². The SMILES string of the molecule is O=C(OCCCF)OCC(F)F. The molecule has 0 aromatic carbocycles. The van der Waals surface area contributed by atoms with Crippen molar-refractivity contribution in [3.05, 3.63) is 0 Å². The first-order valence-electron chi connectivity index (χ1n) is 3.30. The molecule has 0 N–H and O–H groups in total. The molecule has 0 saturated heterocycles. The molecule has 0 aliphatic heterocycles. The minimum atomic E-state index is -2.71. The van der Waals surface area contributed by atoms with Gasteiger partial charge in [-0.25, -0.2) is 13.6 Å². The van der Waals surface area contributed by atoms with Gasteiger partial charge < -0.3 is 9.47 Å². The van der Waals surface area contributed by atoms with Gasteiger partial charge in [-0.05, 0) is 0 Å². The standard InChI is InChI=1S/C6H9F3O3/c7-2-1-3-11-6(10)12-4-5(8)9/h5H,1-4H2. The highest BCUT2D eigenvalue weighted by atomic mass is 19.3. The second-order valence-electron chi connectivity index (χ2n) is 1.84. The smallest absolute Gasteiger partial charge is 0.434 e. The molecule has 0 aliphatic carbocycles. The molecular formula is C6H9F3O3. The highest BCUT2D eigenvalue weighted by molar-refractivity contribution is 5.59. The number of hydrogen-bond donors (Lipinski definition) is 0. The van der Waals surface area contributed by atoms with E-state index in [2.05, 4.69) is 9.47 Å². The zero-order valence-electron chi connectivity index (χ0n) is 6.26. The molecule has 0 rings (SSSR count). The third-order valence-electron chi connectivity index (χ3n) is 0.825. The van der Waals surface area contributed by atoms with Crippen molar-refractivity contribution in [2.75, 3.05) is 19.9 Å². The summed E-state index contributed by atoms with van der Waals surface area (Å²) in [5, 5.41) is 0. The molecular weight excluding hydrogens is 177 g/mol. The Labute approximate surface area is 67.4 Å². The van der Waals surface area contributed by atoms with Crippen LogP contribution in [0.5, 0.6) is 0 Å². The van der Waals surface area contributed by atoms with E-state index in [-0.39, 0.29) is 13.0 Å². The molecule has 0 aliphatic rings. The van der Waals surface area contributed by atoms with Gasteiger partial charge in [0, 0.05) is 6.42 Å². The van der Waals surface area contributed by atoms with Crippen molar-refractivity contribution >= 4 is 6.16 Å². The van der Waals surface area contributed by atoms with E-state index < -0.39 is 25.9 Å². The van der Waals surface area contributed by atoms with Crippen molar-refractivity contribution in [1.82, 2.24) is 0 Å². The molecule has 0 heterocycles. The third-order valence-corrected chi connectivity index (χ3v) is 0.825. The lowest BCUT2D eigenvalue weighted by Gasteiger charge is -2.03. The summed E-state index contributed by atoms with van der Waals surface area (Å²) in [5.41, 5.74) is 0. The Balaban J connectivity index is 3.22. The Kier molecular flexibility index (Phi) is 6.22. The van der Waals surface area contributed by atoms with Crippen LogP contribution in [0.3, 0.4) is 0 Å². The van der Waals surface area contributed by atoms with E-state index >= 15 is 0 Å². The predicted octanol–water partition coefficient (Wildman–Crippen LogP) is 1.76. The normalized spacial score (nSPS) is 10.0. The molecule has 0 bridgehead atoms. The average molecular weight is 186 g/mol. The highest BCUT2D eigenvalue weighted by Gasteiger charge is 2.08. The van der Waals surface area contributed by atoms with Gasteiger partial charge in [-0.3, -0.25) is 4.39 Å². The maximum atomic E-state index is 11.4. The average Bonchev–Trinajstić information content (AvgIpc) is 2.01. The molecule has 0 amide bonds. The Bertz CT molecular complexity index is 129. The highest BCUT2D eigenvalue weighted by Crippen LogP contribution is 1.95. The molecule has 0 atom stereocenters. The van der Waals surface area contributed by atoms with Crippen molar-refractivity contribution in [1.29, 1.82) is 0 Å². The van der Waals surface area contributed by atoms with Crippen molar-refractivity contribution in [2.24, 2.45) is 0 Å².